The molecule has 0 saturated carbocycles. The molecule has 1 aliphatic rings. The molecule has 0 amide bonds. The normalized spacial score (nSPS) is 24.1. The maximum Gasteiger partial charge on any atom is 0.223 e. The number of hydrogen-bond acceptors (Lipinski definition) is 9. The van der Waals surface area contributed by atoms with Gasteiger partial charge >= 0.3 is 0 Å². The highest BCUT2D eigenvalue weighted by Crippen LogP contribution is 2.33. The fraction of sp³-hybridized carbons (Fsp3) is 0.538. The summed E-state index contributed by atoms with van der Waals surface area (Å²) in [4.78, 5) is 12.7. The molecule has 122 valence electrons. The van der Waals surface area contributed by atoms with E-state index in [2.05, 4.69) is 21.0 Å². The van der Waals surface area contributed by atoms with Crippen LogP contribution in [0.25, 0.3) is 11.2 Å². The van der Waals surface area contributed by atoms with Crippen molar-refractivity contribution >= 4 is 28.9 Å². The van der Waals surface area contributed by atoms with E-state index >= 15 is 0 Å². The van der Waals surface area contributed by atoms with Crippen molar-refractivity contribution in [2.24, 2.45) is 0 Å². The van der Waals surface area contributed by atoms with Crippen LogP contribution in [0.1, 0.15) is 19.1 Å². The van der Waals surface area contributed by atoms with Gasteiger partial charge in [0.15, 0.2) is 5.65 Å². The molecule has 0 aliphatic carbocycles. The molecule has 0 aromatic carbocycles. The third-order valence-electron chi connectivity index (χ3n) is 3.55. The molecule has 0 unspecified atom stereocenters. The van der Waals surface area contributed by atoms with Gasteiger partial charge in [0.2, 0.25) is 5.95 Å². The standard InChI is InChI=1S/C13H16N6O3S/c14-2-1-3-23-12-10-11(17-13(15)18-12)19(6-16-10)9-4-7(21)8(5-20)22-9/h6-9,20-21H,1,3-5H2,(H2,15,17,18)/t7-,8+,9+/m0/s1. The monoisotopic (exact) mass is 336 g/mol. The predicted molar refractivity (Wildman–Crippen MR) is 82.3 cm³/mol. The highest BCUT2D eigenvalue weighted by Gasteiger charge is 2.35. The van der Waals surface area contributed by atoms with Crippen molar-refractivity contribution in [3.05, 3.63) is 6.33 Å². The third-order valence-corrected chi connectivity index (χ3v) is 4.52. The lowest BCUT2D eigenvalue weighted by Gasteiger charge is -2.13. The Labute approximate surface area is 136 Å². The Morgan fingerprint density at radius 2 is 2.35 bits per heavy atom. The second-order valence-electron chi connectivity index (χ2n) is 5.08. The van der Waals surface area contributed by atoms with E-state index in [1.165, 1.54) is 11.8 Å². The van der Waals surface area contributed by atoms with Crippen LogP contribution in [0, 0.1) is 11.3 Å². The molecule has 2 aromatic rings. The largest absolute Gasteiger partial charge is 0.394 e. The van der Waals surface area contributed by atoms with Crippen molar-refractivity contribution in [1.82, 2.24) is 19.5 Å². The number of nitrogen functional groups attached to an aromatic ring is 1. The first kappa shape index (κ1) is 15.9. The molecule has 3 heterocycles. The zero-order valence-corrected chi connectivity index (χ0v) is 13.0. The molecule has 4 N–H and O–H groups in total. The summed E-state index contributed by atoms with van der Waals surface area (Å²) in [6, 6.07) is 2.07. The van der Waals surface area contributed by atoms with Crippen LogP contribution in [0.5, 0.6) is 0 Å². The number of aliphatic hydroxyl groups is 2. The van der Waals surface area contributed by atoms with Gasteiger partial charge in [-0.3, -0.25) is 4.57 Å². The lowest BCUT2D eigenvalue weighted by atomic mass is 10.2. The van der Waals surface area contributed by atoms with Crippen LogP contribution in [-0.2, 0) is 4.74 Å². The molecule has 10 heteroatoms. The summed E-state index contributed by atoms with van der Waals surface area (Å²) in [6.07, 6.45) is 0.444. The van der Waals surface area contributed by atoms with Gasteiger partial charge in [0, 0.05) is 18.6 Å². The maximum atomic E-state index is 9.87. The fourth-order valence-electron chi connectivity index (χ4n) is 2.46. The zero-order valence-electron chi connectivity index (χ0n) is 12.2. The molecule has 3 rings (SSSR count). The Balaban J connectivity index is 1.93. The van der Waals surface area contributed by atoms with E-state index in [-0.39, 0.29) is 12.6 Å². The van der Waals surface area contributed by atoms with E-state index < -0.39 is 18.4 Å². The first-order chi connectivity index (χ1) is 11.1. The average Bonchev–Trinajstić information content (AvgIpc) is 3.10. The van der Waals surface area contributed by atoms with Crippen molar-refractivity contribution in [3.63, 3.8) is 0 Å². The molecule has 0 spiro atoms. The first-order valence-electron chi connectivity index (χ1n) is 7.08. The van der Waals surface area contributed by atoms with Gasteiger partial charge in [-0.25, -0.2) is 9.97 Å². The number of nitrogens with two attached hydrogens (primary N) is 1. The minimum Gasteiger partial charge on any atom is -0.394 e. The molecule has 1 fully saturated rings. The summed E-state index contributed by atoms with van der Waals surface area (Å²) < 4.78 is 7.31. The van der Waals surface area contributed by atoms with Crippen LogP contribution < -0.4 is 5.73 Å². The number of aliphatic hydroxyl groups excluding tert-OH is 2. The summed E-state index contributed by atoms with van der Waals surface area (Å²) in [5, 5.41) is 28.3. The molecule has 3 atom stereocenters. The number of ether oxygens (including phenoxy) is 1. The van der Waals surface area contributed by atoms with Crippen molar-refractivity contribution < 1.29 is 14.9 Å². The number of anilines is 1. The summed E-state index contributed by atoms with van der Waals surface area (Å²) >= 11 is 1.39. The fourth-order valence-corrected chi connectivity index (χ4v) is 3.29. The second-order valence-corrected chi connectivity index (χ2v) is 6.17. The Morgan fingerprint density at radius 3 is 3.04 bits per heavy atom. The van der Waals surface area contributed by atoms with Crippen LogP contribution in [0.15, 0.2) is 11.4 Å². The van der Waals surface area contributed by atoms with Gasteiger partial charge in [0.25, 0.3) is 0 Å². The Bertz CT molecular complexity index is 745. The number of thioether (sulfide) groups is 1. The number of aromatic nitrogens is 4. The van der Waals surface area contributed by atoms with E-state index in [0.29, 0.717) is 34.8 Å². The number of imidazole rings is 1. The predicted octanol–water partition coefficient (Wildman–Crippen LogP) is 0.0550. The minimum absolute atomic E-state index is 0.107. The number of rotatable bonds is 5. The van der Waals surface area contributed by atoms with Crippen molar-refractivity contribution in [2.75, 3.05) is 18.1 Å². The van der Waals surface area contributed by atoms with Crippen LogP contribution >= 0.6 is 11.8 Å². The van der Waals surface area contributed by atoms with Gasteiger partial charge in [-0.1, -0.05) is 0 Å². The van der Waals surface area contributed by atoms with Crippen molar-refractivity contribution in [2.45, 2.75) is 36.3 Å². The molecular formula is C13H16N6O3S. The molecule has 2 aromatic heterocycles. The lowest BCUT2D eigenvalue weighted by molar-refractivity contribution is -0.0432. The van der Waals surface area contributed by atoms with Crippen LogP contribution in [-0.4, -0.2) is 54.3 Å². The number of nitriles is 1. The molecule has 9 nitrogen and oxygen atoms in total. The summed E-state index contributed by atoms with van der Waals surface area (Å²) in [5.74, 6) is 0.691. The van der Waals surface area contributed by atoms with E-state index in [9.17, 15) is 10.2 Å². The minimum atomic E-state index is -0.744. The van der Waals surface area contributed by atoms with E-state index in [1.807, 2.05) is 0 Å². The number of hydrogen-bond donors (Lipinski definition) is 3. The lowest BCUT2D eigenvalue weighted by Crippen LogP contribution is -2.24. The Hall–Kier alpha value is -1.93. The van der Waals surface area contributed by atoms with E-state index in [1.54, 1.807) is 10.9 Å². The molecule has 0 bridgehead atoms. The molecular weight excluding hydrogens is 320 g/mol. The van der Waals surface area contributed by atoms with Gasteiger partial charge in [-0.05, 0) is 0 Å². The smallest absolute Gasteiger partial charge is 0.223 e. The van der Waals surface area contributed by atoms with Gasteiger partial charge in [-0.15, -0.1) is 11.8 Å². The van der Waals surface area contributed by atoms with Crippen LogP contribution in [0.3, 0.4) is 0 Å². The first-order valence-corrected chi connectivity index (χ1v) is 8.06. The van der Waals surface area contributed by atoms with Gasteiger partial charge in [-0.2, -0.15) is 10.2 Å². The Kier molecular flexibility index (Phi) is 4.63. The topological polar surface area (TPSA) is 143 Å². The highest BCUT2D eigenvalue weighted by atomic mass is 32.2. The molecule has 0 radical (unpaired) electrons. The zero-order chi connectivity index (χ0) is 16.4. The van der Waals surface area contributed by atoms with Gasteiger partial charge in [0.1, 0.15) is 22.9 Å². The molecule has 1 saturated heterocycles. The van der Waals surface area contributed by atoms with Gasteiger partial charge in [0.05, 0.1) is 25.1 Å². The summed E-state index contributed by atoms with van der Waals surface area (Å²) in [6.45, 7) is -0.253. The molecule has 1 aliphatic heterocycles. The quantitative estimate of drug-likeness (QED) is 0.392. The number of nitrogens with zero attached hydrogens (tertiary/aromatic N) is 5. The number of fused-ring (bicyclic) bond motifs is 1. The van der Waals surface area contributed by atoms with Crippen LogP contribution in [0.4, 0.5) is 5.95 Å². The maximum absolute atomic E-state index is 9.87. The third kappa shape index (κ3) is 3.09. The average molecular weight is 336 g/mol. The SMILES string of the molecule is N#CCCSc1nc(N)nc2c1ncn2[C@H]1C[C@H](O)[C@@H](CO)O1. The second kappa shape index (κ2) is 6.67. The van der Waals surface area contributed by atoms with Gasteiger partial charge < -0.3 is 20.7 Å². The van der Waals surface area contributed by atoms with Crippen molar-refractivity contribution in [3.8, 4) is 6.07 Å². The summed E-state index contributed by atoms with van der Waals surface area (Å²) in [5.41, 5.74) is 6.85. The van der Waals surface area contributed by atoms with E-state index in [0.717, 1.165) is 0 Å². The summed E-state index contributed by atoms with van der Waals surface area (Å²) in [7, 11) is 0. The Morgan fingerprint density at radius 1 is 1.52 bits per heavy atom. The van der Waals surface area contributed by atoms with E-state index in [4.69, 9.17) is 15.7 Å². The van der Waals surface area contributed by atoms with Crippen molar-refractivity contribution in [1.29, 1.82) is 5.26 Å². The highest BCUT2D eigenvalue weighted by molar-refractivity contribution is 7.99. The molecule has 23 heavy (non-hydrogen) atoms. The van der Waals surface area contributed by atoms with Crippen LogP contribution in [0.2, 0.25) is 0 Å².